The summed E-state index contributed by atoms with van der Waals surface area (Å²) in [5, 5.41) is 1.08. The monoisotopic (exact) mass is 353 g/mol. The molecule has 0 radical (unpaired) electrons. The number of aromatic nitrogens is 2. The Morgan fingerprint density at radius 3 is 2.65 bits per heavy atom. The van der Waals surface area contributed by atoms with Gasteiger partial charge >= 0.3 is 0 Å². The van der Waals surface area contributed by atoms with Crippen molar-refractivity contribution < 1.29 is 4.79 Å². The molecular weight excluding hydrogens is 333 g/mol. The molecule has 6 heteroatoms. The second-order valence-electron chi connectivity index (χ2n) is 5.73. The summed E-state index contributed by atoms with van der Waals surface area (Å²) in [6, 6.07) is 5.58. The van der Waals surface area contributed by atoms with Gasteiger partial charge in [-0.05, 0) is 24.6 Å². The number of halogens is 2. The van der Waals surface area contributed by atoms with Crippen molar-refractivity contribution in [3.05, 3.63) is 52.0 Å². The summed E-state index contributed by atoms with van der Waals surface area (Å²) >= 11 is 12.0. The van der Waals surface area contributed by atoms with Crippen molar-refractivity contribution >= 4 is 29.1 Å². The second-order valence-corrected chi connectivity index (χ2v) is 6.54. The summed E-state index contributed by atoms with van der Waals surface area (Å²) in [4.78, 5) is 18.4. The molecule has 0 aliphatic rings. The highest BCUT2D eigenvalue weighted by molar-refractivity contribution is 6.42. The Bertz CT molecular complexity index is 682. The van der Waals surface area contributed by atoms with E-state index in [9.17, 15) is 4.79 Å². The first-order chi connectivity index (χ1) is 10.9. The van der Waals surface area contributed by atoms with Crippen molar-refractivity contribution in [1.82, 2.24) is 14.5 Å². The van der Waals surface area contributed by atoms with E-state index in [1.807, 2.05) is 48.6 Å². The first-order valence-electron chi connectivity index (χ1n) is 7.65. The van der Waals surface area contributed by atoms with Crippen molar-refractivity contribution in [2.24, 2.45) is 5.92 Å². The van der Waals surface area contributed by atoms with E-state index in [0.29, 0.717) is 29.7 Å². The zero-order chi connectivity index (χ0) is 17.0. The third-order valence-electron chi connectivity index (χ3n) is 3.66. The van der Waals surface area contributed by atoms with Gasteiger partial charge in [-0.25, -0.2) is 4.98 Å². The molecule has 0 saturated carbocycles. The molecule has 0 spiro atoms. The molecule has 1 aromatic heterocycles. The highest BCUT2D eigenvalue weighted by Crippen LogP contribution is 2.23. The van der Waals surface area contributed by atoms with Gasteiger partial charge in [-0.15, -0.1) is 0 Å². The third kappa shape index (κ3) is 4.49. The Morgan fingerprint density at radius 1 is 1.30 bits per heavy atom. The van der Waals surface area contributed by atoms with Crippen molar-refractivity contribution in [2.45, 2.75) is 33.9 Å². The van der Waals surface area contributed by atoms with E-state index in [0.717, 1.165) is 11.4 Å². The first kappa shape index (κ1) is 17.8. The van der Waals surface area contributed by atoms with Crippen LogP contribution in [0.2, 0.25) is 10.0 Å². The van der Waals surface area contributed by atoms with E-state index >= 15 is 0 Å². The molecule has 0 saturated heterocycles. The predicted molar refractivity (Wildman–Crippen MR) is 93.7 cm³/mol. The molecule has 0 N–H and O–H groups in total. The topological polar surface area (TPSA) is 38.1 Å². The molecule has 0 bridgehead atoms. The lowest BCUT2D eigenvalue weighted by atomic mass is 10.2. The van der Waals surface area contributed by atoms with E-state index in [1.54, 1.807) is 12.3 Å². The summed E-state index contributed by atoms with van der Waals surface area (Å²) in [7, 11) is 0. The number of hydrogen-bond donors (Lipinski definition) is 0. The summed E-state index contributed by atoms with van der Waals surface area (Å²) in [5.41, 5.74) is 1.04. The van der Waals surface area contributed by atoms with Crippen molar-refractivity contribution in [2.75, 3.05) is 6.54 Å². The number of carbonyl (C=O) groups excluding carboxylic acids is 1. The van der Waals surface area contributed by atoms with Gasteiger partial charge in [0.25, 0.3) is 0 Å². The average molecular weight is 354 g/mol. The fraction of sp³-hybridized carbons (Fsp3) is 0.412. The van der Waals surface area contributed by atoms with Gasteiger partial charge < -0.3 is 9.47 Å². The highest BCUT2D eigenvalue weighted by Gasteiger charge is 2.17. The number of benzene rings is 1. The summed E-state index contributed by atoms with van der Waals surface area (Å²) < 4.78 is 2.02. The van der Waals surface area contributed by atoms with Gasteiger partial charge in [0.1, 0.15) is 5.82 Å². The summed E-state index contributed by atoms with van der Waals surface area (Å²) in [6.07, 6.45) is 3.66. The fourth-order valence-electron chi connectivity index (χ4n) is 2.35. The quantitative estimate of drug-likeness (QED) is 0.778. The van der Waals surface area contributed by atoms with E-state index in [4.69, 9.17) is 23.2 Å². The minimum Gasteiger partial charge on any atom is -0.335 e. The molecule has 0 atom stereocenters. The lowest BCUT2D eigenvalue weighted by Gasteiger charge is -2.23. The Labute approximate surface area is 147 Å². The maximum Gasteiger partial charge on any atom is 0.225 e. The molecule has 4 nitrogen and oxygen atoms in total. The third-order valence-corrected chi connectivity index (χ3v) is 4.40. The highest BCUT2D eigenvalue weighted by atomic mass is 35.5. The van der Waals surface area contributed by atoms with Crippen LogP contribution in [0.4, 0.5) is 0 Å². The van der Waals surface area contributed by atoms with Gasteiger partial charge in [0.2, 0.25) is 5.91 Å². The van der Waals surface area contributed by atoms with Crippen LogP contribution in [-0.4, -0.2) is 26.9 Å². The minimum atomic E-state index is -0.0200. The molecule has 0 unspecified atom stereocenters. The molecule has 1 heterocycles. The molecular formula is C17H21Cl2N3O. The molecule has 1 aromatic carbocycles. The van der Waals surface area contributed by atoms with E-state index < -0.39 is 0 Å². The van der Waals surface area contributed by atoms with Gasteiger partial charge in [-0.1, -0.05) is 43.1 Å². The lowest BCUT2D eigenvalue weighted by Crippen LogP contribution is -2.34. The van der Waals surface area contributed by atoms with Crippen LogP contribution < -0.4 is 0 Å². The van der Waals surface area contributed by atoms with Gasteiger partial charge in [0.05, 0.1) is 16.6 Å². The Kier molecular flexibility index (Phi) is 6.08. The number of hydrogen-bond acceptors (Lipinski definition) is 2. The van der Waals surface area contributed by atoms with Crippen LogP contribution in [0, 0.1) is 5.92 Å². The zero-order valence-corrected chi connectivity index (χ0v) is 15.1. The number of amides is 1. The Hall–Kier alpha value is -1.52. The van der Waals surface area contributed by atoms with E-state index in [1.165, 1.54) is 0 Å². The van der Waals surface area contributed by atoms with Crippen LogP contribution in [-0.2, 0) is 17.9 Å². The van der Waals surface area contributed by atoms with Crippen LogP contribution in [0.3, 0.4) is 0 Å². The normalized spacial score (nSPS) is 11.0. The lowest BCUT2D eigenvalue weighted by molar-refractivity contribution is -0.135. The first-order valence-corrected chi connectivity index (χ1v) is 8.40. The molecule has 23 heavy (non-hydrogen) atoms. The minimum absolute atomic E-state index is 0.0200. The molecule has 2 rings (SSSR count). The van der Waals surface area contributed by atoms with Gasteiger partial charge in [-0.3, -0.25) is 4.79 Å². The van der Waals surface area contributed by atoms with Crippen LogP contribution in [0.15, 0.2) is 30.6 Å². The zero-order valence-electron chi connectivity index (χ0n) is 13.6. The van der Waals surface area contributed by atoms with E-state index in [2.05, 4.69) is 4.98 Å². The second kappa shape index (κ2) is 7.84. The molecule has 0 aliphatic heterocycles. The molecule has 0 aliphatic carbocycles. The molecule has 1 amide bonds. The number of rotatable bonds is 6. The Morgan fingerprint density at radius 2 is 2.04 bits per heavy atom. The van der Waals surface area contributed by atoms with Gasteiger partial charge in [0, 0.05) is 31.4 Å². The molecule has 2 aromatic rings. The van der Waals surface area contributed by atoms with Gasteiger partial charge in [0.15, 0.2) is 0 Å². The number of nitrogens with zero attached hydrogens (tertiary/aromatic N) is 3. The van der Waals surface area contributed by atoms with Crippen LogP contribution in [0.5, 0.6) is 0 Å². The number of carbonyl (C=O) groups is 1. The summed E-state index contributed by atoms with van der Waals surface area (Å²) in [6.45, 7) is 7.60. The van der Waals surface area contributed by atoms with Gasteiger partial charge in [-0.2, -0.15) is 0 Å². The fourth-order valence-corrected chi connectivity index (χ4v) is 2.67. The van der Waals surface area contributed by atoms with E-state index in [-0.39, 0.29) is 11.8 Å². The van der Waals surface area contributed by atoms with Crippen molar-refractivity contribution in [3.63, 3.8) is 0 Å². The van der Waals surface area contributed by atoms with Crippen LogP contribution in [0.1, 0.15) is 32.2 Å². The van der Waals surface area contributed by atoms with Crippen molar-refractivity contribution in [1.29, 1.82) is 0 Å². The van der Waals surface area contributed by atoms with Crippen molar-refractivity contribution in [3.8, 4) is 0 Å². The van der Waals surface area contributed by atoms with Crippen LogP contribution >= 0.6 is 23.2 Å². The van der Waals surface area contributed by atoms with Crippen LogP contribution in [0.25, 0.3) is 0 Å². The molecule has 0 fully saturated rings. The predicted octanol–water partition coefficient (Wildman–Crippen LogP) is 4.24. The summed E-state index contributed by atoms with van der Waals surface area (Å²) in [5.74, 6) is 0.969. The maximum absolute atomic E-state index is 12.2. The smallest absolute Gasteiger partial charge is 0.225 e. The Balaban J connectivity index is 2.15. The standard InChI is InChI=1S/C17H21Cl2N3O/c1-4-21(17(23)12(2)3)11-16-20-7-8-22(16)10-13-5-6-14(18)15(19)9-13/h5-9,12H,4,10-11H2,1-3H3. The molecule has 124 valence electrons. The number of imidazole rings is 1. The maximum atomic E-state index is 12.2. The average Bonchev–Trinajstić information content (AvgIpc) is 2.94. The SMILES string of the molecule is CCN(Cc1nccn1Cc1ccc(Cl)c(Cl)c1)C(=O)C(C)C. The largest absolute Gasteiger partial charge is 0.335 e.